The van der Waals surface area contributed by atoms with Crippen molar-refractivity contribution in [1.29, 1.82) is 0 Å². The van der Waals surface area contributed by atoms with Gasteiger partial charge in [-0.25, -0.2) is 4.98 Å². The number of anilines is 2. The van der Waals surface area contributed by atoms with Crippen LogP contribution in [-0.4, -0.2) is 34.3 Å². The van der Waals surface area contributed by atoms with Crippen molar-refractivity contribution in [3.8, 4) is 0 Å². The average Bonchev–Trinajstić information content (AvgIpc) is 2.29. The highest BCUT2D eigenvalue weighted by Gasteiger charge is 2.16. The molecule has 0 aliphatic rings. The molecule has 1 heterocycles. The van der Waals surface area contributed by atoms with E-state index in [1.165, 1.54) is 0 Å². The Morgan fingerprint density at radius 3 is 2.62 bits per heavy atom. The third kappa shape index (κ3) is 3.06. The Kier molecular flexibility index (Phi) is 4.98. The monoisotopic (exact) mass is 224 g/mol. The minimum atomic E-state index is 0.112. The largest absolute Gasteiger partial charge is 0.395 e. The minimum absolute atomic E-state index is 0.112. The van der Waals surface area contributed by atoms with Crippen LogP contribution in [0.2, 0.25) is 0 Å². The fraction of sp³-hybridized carbons (Fsp3) is 0.636. The van der Waals surface area contributed by atoms with Gasteiger partial charge in [-0.2, -0.15) is 4.98 Å². The standard InChI is InChI=1S/C11H20N4O/c1-3-9(4-2)15(7-8-16)10-5-6-13-11(12)14-10/h5-6,9,16H,3-4,7-8H2,1-2H3,(H2,12,13,14). The third-order valence-corrected chi connectivity index (χ3v) is 2.68. The number of aromatic nitrogens is 2. The van der Waals surface area contributed by atoms with Crippen molar-refractivity contribution >= 4 is 11.8 Å². The Bertz CT molecular complexity index is 315. The molecule has 0 unspecified atom stereocenters. The van der Waals surface area contributed by atoms with Crippen LogP contribution in [0.1, 0.15) is 26.7 Å². The minimum Gasteiger partial charge on any atom is -0.395 e. The molecule has 90 valence electrons. The number of nitrogens with two attached hydrogens (primary N) is 1. The molecule has 0 aromatic carbocycles. The van der Waals surface area contributed by atoms with Crippen LogP contribution >= 0.6 is 0 Å². The number of nitrogen functional groups attached to an aromatic ring is 1. The summed E-state index contributed by atoms with van der Waals surface area (Å²) in [5.74, 6) is 1.06. The molecule has 1 aromatic heterocycles. The second-order valence-electron chi connectivity index (χ2n) is 3.66. The van der Waals surface area contributed by atoms with E-state index in [4.69, 9.17) is 10.8 Å². The van der Waals surface area contributed by atoms with Gasteiger partial charge in [-0.3, -0.25) is 0 Å². The number of hydrogen-bond donors (Lipinski definition) is 2. The molecule has 16 heavy (non-hydrogen) atoms. The normalized spacial score (nSPS) is 10.8. The molecule has 0 fully saturated rings. The molecular formula is C11H20N4O. The first-order valence-corrected chi connectivity index (χ1v) is 5.68. The van der Waals surface area contributed by atoms with Crippen molar-refractivity contribution in [2.75, 3.05) is 23.8 Å². The molecule has 0 saturated heterocycles. The lowest BCUT2D eigenvalue weighted by atomic mass is 10.1. The van der Waals surface area contributed by atoms with Crippen LogP contribution in [0.4, 0.5) is 11.8 Å². The van der Waals surface area contributed by atoms with Crippen molar-refractivity contribution in [3.63, 3.8) is 0 Å². The van der Waals surface area contributed by atoms with Gasteiger partial charge in [0, 0.05) is 18.8 Å². The van der Waals surface area contributed by atoms with E-state index in [-0.39, 0.29) is 12.6 Å². The molecular weight excluding hydrogens is 204 g/mol. The molecule has 1 aromatic rings. The Hall–Kier alpha value is -1.36. The van der Waals surface area contributed by atoms with Gasteiger partial charge in [0.2, 0.25) is 5.95 Å². The first-order valence-electron chi connectivity index (χ1n) is 5.68. The van der Waals surface area contributed by atoms with Gasteiger partial charge in [0.15, 0.2) is 0 Å². The molecule has 5 nitrogen and oxygen atoms in total. The van der Waals surface area contributed by atoms with Crippen LogP contribution in [0.3, 0.4) is 0 Å². The molecule has 0 saturated carbocycles. The summed E-state index contributed by atoms with van der Waals surface area (Å²) < 4.78 is 0. The Balaban J connectivity index is 2.91. The van der Waals surface area contributed by atoms with E-state index in [2.05, 4.69) is 28.7 Å². The van der Waals surface area contributed by atoms with Crippen molar-refractivity contribution in [2.24, 2.45) is 0 Å². The van der Waals surface area contributed by atoms with Crippen molar-refractivity contribution < 1.29 is 5.11 Å². The van der Waals surface area contributed by atoms with E-state index in [0.29, 0.717) is 12.6 Å². The predicted molar refractivity (Wildman–Crippen MR) is 65.2 cm³/mol. The van der Waals surface area contributed by atoms with E-state index < -0.39 is 0 Å². The van der Waals surface area contributed by atoms with Gasteiger partial charge in [-0.05, 0) is 18.9 Å². The molecule has 5 heteroatoms. The van der Waals surface area contributed by atoms with Crippen molar-refractivity contribution in [1.82, 2.24) is 9.97 Å². The van der Waals surface area contributed by atoms with Crippen molar-refractivity contribution in [2.45, 2.75) is 32.7 Å². The number of nitrogens with zero attached hydrogens (tertiary/aromatic N) is 3. The van der Waals surface area contributed by atoms with E-state index in [9.17, 15) is 0 Å². The Morgan fingerprint density at radius 2 is 2.12 bits per heavy atom. The average molecular weight is 224 g/mol. The van der Waals surface area contributed by atoms with Gasteiger partial charge in [0.25, 0.3) is 0 Å². The van der Waals surface area contributed by atoms with E-state index in [1.54, 1.807) is 6.20 Å². The lowest BCUT2D eigenvalue weighted by Gasteiger charge is -2.30. The van der Waals surface area contributed by atoms with Crippen LogP contribution in [0.25, 0.3) is 0 Å². The maximum Gasteiger partial charge on any atom is 0.221 e. The van der Waals surface area contributed by atoms with E-state index in [1.807, 2.05) is 6.07 Å². The van der Waals surface area contributed by atoms with Gasteiger partial charge < -0.3 is 15.7 Å². The number of hydrogen-bond acceptors (Lipinski definition) is 5. The van der Waals surface area contributed by atoms with E-state index >= 15 is 0 Å². The summed E-state index contributed by atoms with van der Waals surface area (Å²) in [6, 6.07) is 2.20. The van der Waals surface area contributed by atoms with Gasteiger partial charge in [-0.1, -0.05) is 13.8 Å². The third-order valence-electron chi connectivity index (χ3n) is 2.68. The summed E-state index contributed by atoms with van der Waals surface area (Å²) >= 11 is 0. The van der Waals surface area contributed by atoms with Crippen LogP contribution in [0.5, 0.6) is 0 Å². The number of aliphatic hydroxyl groups is 1. The molecule has 3 N–H and O–H groups in total. The van der Waals surface area contributed by atoms with Gasteiger partial charge in [0.05, 0.1) is 6.61 Å². The number of aliphatic hydroxyl groups excluding tert-OH is 1. The zero-order chi connectivity index (χ0) is 12.0. The van der Waals surface area contributed by atoms with Gasteiger partial charge in [-0.15, -0.1) is 0 Å². The lowest BCUT2D eigenvalue weighted by Crippen LogP contribution is -2.37. The fourth-order valence-corrected chi connectivity index (χ4v) is 1.85. The van der Waals surface area contributed by atoms with Gasteiger partial charge in [0.1, 0.15) is 5.82 Å². The predicted octanol–water partition coefficient (Wildman–Crippen LogP) is 1.05. The van der Waals surface area contributed by atoms with Crippen LogP contribution < -0.4 is 10.6 Å². The maximum atomic E-state index is 9.09. The Morgan fingerprint density at radius 1 is 1.44 bits per heavy atom. The summed E-state index contributed by atoms with van der Waals surface area (Å²) in [5.41, 5.74) is 5.56. The summed E-state index contributed by atoms with van der Waals surface area (Å²) in [6.07, 6.45) is 3.67. The zero-order valence-electron chi connectivity index (χ0n) is 9.93. The summed E-state index contributed by atoms with van der Waals surface area (Å²) in [7, 11) is 0. The molecule has 1 rings (SSSR count). The summed E-state index contributed by atoms with van der Waals surface area (Å²) in [6.45, 7) is 4.94. The Labute approximate surface area is 96.3 Å². The smallest absolute Gasteiger partial charge is 0.221 e. The highest BCUT2D eigenvalue weighted by molar-refractivity contribution is 5.42. The summed E-state index contributed by atoms with van der Waals surface area (Å²) in [5, 5.41) is 9.09. The lowest BCUT2D eigenvalue weighted by molar-refractivity contribution is 0.295. The van der Waals surface area contributed by atoms with Crippen LogP contribution in [0.15, 0.2) is 12.3 Å². The van der Waals surface area contributed by atoms with Crippen LogP contribution in [0, 0.1) is 0 Å². The molecule has 0 bridgehead atoms. The van der Waals surface area contributed by atoms with Crippen molar-refractivity contribution in [3.05, 3.63) is 12.3 Å². The maximum absolute atomic E-state index is 9.09. The molecule has 0 radical (unpaired) electrons. The first-order chi connectivity index (χ1) is 7.72. The molecule has 0 spiro atoms. The number of rotatable bonds is 6. The highest BCUT2D eigenvalue weighted by Crippen LogP contribution is 2.17. The second-order valence-corrected chi connectivity index (χ2v) is 3.66. The molecule has 0 atom stereocenters. The van der Waals surface area contributed by atoms with E-state index in [0.717, 1.165) is 18.7 Å². The quantitative estimate of drug-likeness (QED) is 0.755. The SMILES string of the molecule is CCC(CC)N(CCO)c1ccnc(N)n1. The highest BCUT2D eigenvalue weighted by atomic mass is 16.3. The fourth-order valence-electron chi connectivity index (χ4n) is 1.85. The molecule has 0 amide bonds. The summed E-state index contributed by atoms with van der Waals surface area (Å²) in [4.78, 5) is 10.1. The van der Waals surface area contributed by atoms with Gasteiger partial charge >= 0.3 is 0 Å². The second kappa shape index (κ2) is 6.27. The molecule has 0 aliphatic heterocycles. The first kappa shape index (κ1) is 12.7. The van der Waals surface area contributed by atoms with Crippen LogP contribution in [-0.2, 0) is 0 Å². The topological polar surface area (TPSA) is 75.3 Å². The molecule has 0 aliphatic carbocycles. The zero-order valence-corrected chi connectivity index (χ0v) is 9.93.